The van der Waals surface area contributed by atoms with Gasteiger partial charge in [-0.25, -0.2) is 0 Å². The van der Waals surface area contributed by atoms with Crippen molar-refractivity contribution in [2.24, 2.45) is 0 Å². The quantitative estimate of drug-likeness (QED) is 0.856. The summed E-state index contributed by atoms with van der Waals surface area (Å²) in [7, 11) is 1.71. The van der Waals surface area contributed by atoms with Gasteiger partial charge in [-0.15, -0.1) is 0 Å². The minimum atomic E-state index is 0.356. The standard InChI is InChI=1S/C21H23NO2/c1-23-21-9-7-17(8-10-21)18-11-19-14-24-15-20(12-18)22(19)13-16-5-3-2-4-6-16/h2-11,19-20H,12-15H2,1H3. The molecule has 24 heavy (non-hydrogen) atoms. The van der Waals surface area contributed by atoms with Crippen molar-refractivity contribution in [3.05, 3.63) is 71.8 Å². The molecule has 1 fully saturated rings. The predicted octanol–water partition coefficient (Wildman–Crippen LogP) is 3.75. The smallest absolute Gasteiger partial charge is 0.118 e. The number of morpholine rings is 1. The lowest BCUT2D eigenvalue weighted by Gasteiger charge is -2.44. The van der Waals surface area contributed by atoms with E-state index in [0.717, 1.165) is 31.9 Å². The van der Waals surface area contributed by atoms with E-state index in [1.165, 1.54) is 16.7 Å². The zero-order chi connectivity index (χ0) is 16.4. The topological polar surface area (TPSA) is 21.7 Å². The van der Waals surface area contributed by atoms with Crippen LogP contribution in [0, 0.1) is 0 Å². The maximum absolute atomic E-state index is 5.82. The summed E-state index contributed by atoms with van der Waals surface area (Å²) in [6.07, 6.45) is 3.43. The van der Waals surface area contributed by atoms with E-state index in [1.54, 1.807) is 7.11 Å². The van der Waals surface area contributed by atoms with Crippen LogP contribution in [0.15, 0.2) is 60.7 Å². The van der Waals surface area contributed by atoms with E-state index >= 15 is 0 Å². The van der Waals surface area contributed by atoms with Crippen LogP contribution in [0.1, 0.15) is 17.5 Å². The Bertz CT molecular complexity index is 708. The molecule has 0 amide bonds. The SMILES string of the molecule is COc1ccc(C2=CC3COCC(C2)N3Cc2ccccc2)cc1. The monoisotopic (exact) mass is 321 g/mol. The Hall–Kier alpha value is -2.10. The minimum Gasteiger partial charge on any atom is -0.497 e. The highest BCUT2D eigenvalue weighted by molar-refractivity contribution is 5.68. The van der Waals surface area contributed by atoms with Gasteiger partial charge in [0.1, 0.15) is 5.75 Å². The second-order valence-electron chi connectivity index (χ2n) is 6.54. The molecule has 3 heteroatoms. The normalized spacial score (nSPS) is 23.6. The number of methoxy groups -OCH3 is 1. The lowest BCUT2D eigenvalue weighted by Crippen LogP contribution is -2.53. The summed E-state index contributed by atoms with van der Waals surface area (Å²) in [5.74, 6) is 0.907. The highest BCUT2D eigenvalue weighted by Crippen LogP contribution is 2.34. The van der Waals surface area contributed by atoms with Crippen molar-refractivity contribution in [2.45, 2.75) is 25.0 Å². The number of hydrogen-bond acceptors (Lipinski definition) is 3. The summed E-state index contributed by atoms with van der Waals surface area (Å²) in [6.45, 7) is 2.59. The van der Waals surface area contributed by atoms with Crippen LogP contribution in [0.25, 0.3) is 5.57 Å². The highest BCUT2D eigenvalue weighted by atomic mass is 16.5. The van der Waals surface area contributed by atoms with E-state index in [9.17, 15) is 0 Å². The third-order valence-electron chi connectivity index (χ3n) is 5.01. The molecule has 2 aliphatic rings. The van der Waals surface area contributed by atoms with Gasteiger partial charge in [0.05, 0.1) is 26.4 Å². The molecule has 0 aromatic heterocycles. The Morgan fingerprint density at radius 2 is 1.83 bits per heavy atom. The maximum atomic E-state index is 5.82. The van der Waals surface area contributed by atoms with Crippen molar-refractivity contribution >= 4 is 5.57 Å². The Balaban J connectivity index is 1.57. The molecule has 3 nitrogen and oxygen atoms in total. The molecule has 2 aliphatic heterocycles. The molecule has 2 aromatic rings. The number of rotatable bonds is 4. The molecule has 124 valence electrons. The van der Waals surface area contributed by atoms with Crippen molar-refractivity contribution < 1.29 is 9.47 Å². The number of hydrogen-bond donors (Lipinski definition) is 0. The van der Waals surface area contributed by atoms with E-state index in [4.69, 9.17) is 9.47 Å². The van der Waals surface area contributed by atoms with E-state index in [2.05, 4.69) is 53.4 Å². The van der Waals surface area contributed by atoms with Crippen molar-refractivity contribution in [2.75, 3.05) is 20.3 Å². The van der Waals surface area contributed by atoms with E-state index in [1.807, 2.05) is 12.1 Å². The van der Waals surface area contributed by atoms with Gasteiger partial charge in [-0.2, -0.15) is 0 Å². The van der Waals surface area contributed by atoms with Crippen LogP contribution >= 0.6 is 0 Å². The van der Waals surface area contributed by atoms with Crippen LogP contribution in [0.2, 0.25) is 0 Å². The third-order valence-corrected chi connectivity index (χ3v) is 5.01. The molecule has 0 saturated carbocycles. The summed E-state index contributed by atoms with van der Waals surface area (Å²) in [4.78, 5) is 2.59. The lowest BCUT2D eigenvalue weighted by atomic mass is 9.89. The predicted molar refractivity (Wildman–Crippen MR) is 96.0 cm³/mol. The van der Waals surface area contributed by atoms with Gasteiger partial charge in [0.2, 0.25) is 0 Å². The summed E-state index contributed by atoms with van der Waals surface area (Å²) in [5.41, 5.74) is 4.10. The Labute approximate surface area is 143 Å². The number of fused-ring (bicyclic) bond motifs is 2. The fourth-order valence-electron chi connectivity index (χ4n) is 3.72. The lowest BCUT2D eigenvalue weighted by molar-refractivity contribution is -0.0402. The van der Waals surface area contributed by atoms with Crippen molar-refractivity contribution in [1.29, 1.82) is 0 Å². The second-order valence-corrected chi connectivity index (χ2v) is 6.54. The molecule has 1 saturated heterocycles. The average Bonchev–Trinajstić information content (AvgIpc) is 2.62. The summed E-state index contributed by atoms with van der Waals surface area (Å²) >= 11 is 0. The molecule has 0 aliphatic carbocycles. The van der Waals surface area contributed by atoms with Gasteiger partial charge in [0.15, 0.2) is 0 Å². The Morgan fingerprint density at radius 3 is 2.54 bits per heavy atom. The van der Waals surface area contributed by atoms with Gasteiger partial charge in [-0.1, -0.05) is 48.5 Å². The van der Waals surface area contributed by atoms with Crippen molar-refractivity contribution in [1.82, 2.24) is 4.90 Å². The van der Waals surface area contributed by atoms with Crippen LogP contribution in [0.5, 0.6) is 5.75 Å². The summed E-state index contributed by atoms with van der Waals surface area (Å²) in [5, 5.41) is 0. The van der Waals surface area contributed by atoms with Crippen LogP contribution in [-0.2, 0) is 11.3 Å². The van der Waals surface area contributed by atoms with Crippen LogP contribution in [0.4, 0.5) is 0 Å². The molecule has 2 unspecified atom stereocenters. The molecule has 0 N–H and O–H groups in total. The van der Waals surface area contributed by atoms with Gasteiger partial charge in [0, 0.05) is 12.6 Å². The first-order valence-electron chi connectivity index (χ1n) is 8.56. The first-order chi connectivity index (χ1) is 11.8. The molecule has 2 bridgehead atoms. The molecule has 4 rings (SSSR count). The highest BCUT2D eigenvalue weighted by Gasteiger charge is 2.34. The zero-order valence-electron chi connectivity index (χ0n) is 14.0. The van der Waals surface area contributed by atoms with Crippen LogP contribution in [0.3, 0.4) is 0 Å². The molecule has 0 radical (unpaired) electrons. The van der Waals surface area contributed by atoms with E-state index in [-0.39, 0.29) is 0 Å². The van der Waals surface area contributed by atoms with Gasteiger partial charge in [-0.05, 0) is 35.3 Å². The maximum Gasteiger partial charge on any atom is 0.118 e. The fourth-order valence-corrected chi connectivity index (χ4v) is 3.72. The van der Waals surface area contributed by atoms with Crippen molar-refractivity contribution in [3.8, 4) is 5.75 Å². The zero-order valence-corrected chi connectivity index (χ0v) is 14.0. The molecular weight excluding hydrogens is 298 g/mol. The molecule has 2 heterocycles. The van der Waals surface area contributed by atoms with Gasteiger partial charge in [0.25, 0.3) is 0 Å². The number of ether oxygens (including phenoxy) is 2. The van der Waals surface area contributed by atoms with Gasteiger partial charge < -0.3 is 9.47 Å². The first-order valence-corrected chi connectivity index (χ1v) is 8.56. The van der Waals surface area contributed by atoms with Crippen LogP contribution < -0.4 is 4.74 Å². The molecule has 2 atom stereocenters. The Morgan fingerprint density at radius 1 is 1.04 bits per heavy atom. The number of benzene rings is 2. The second kappa shape index (κ2) is 6.80. The van der Waals surface area contributed by atoms with Gasteiger partial charge in [-0.3, -0.25) is 4.90 Å². The number of nitrogens with zero attached hydrogens (tertiary/aromatic N) is 1. The average molecular weight is 321 g/mol. The summed E-state index contributed by atoms with van der Waals surface area (Å²) < 4.78 is 11.1. The molecule has 2 aromatic carbocycles. The summed E-state index contributed by atoms with van der Waals surface area (Å²) in [6, 6.07) is 19.9. The minimum absolute atomic E-state index is 0.356. The third kappa shape index (κ3) is 3.10. The molecular formula is C21H23NO2. The van der Waals surface area contributed by atoms with Crippen molar-refractivity contribution in [3.63, 3.8) is 0 Å². The van der Waals surface area contributed by atoms with E-state index in [0.29, 0.717) is 12.1 Å². The Kier molecular flexibility index (Phi) is 4.37. The van der Waals surface area contributed by atoms with E-state index < -0.39 is 0 Å². The molecule has 0 spiro atoms. The largest absolute Gasteiger partial charge is 0.497 e. The first kappa shape index (κ1) is 15.4. The van der Waals surface area contributed by atoms with Gasteiger partial charge >= 0.3 is 0 Å². The fraction of sp³-hybridized carbons (Fsp3) is 0.333. The van der Waals surface area contributed by atoms with Crippen LogP contribution in [-0.4, -0.2) is 37.3 Å².